The van der Waals surface area contributed by atoms with E-state index in [1.807, 2.05) is 25.3 Å². The zero-order valence-corrected chi connectivity index (χ0v) is 12.7. The Kier molecular flexibility index (Phi) is 6.19. The van der Waals surface area contributed by atoms with E-state index in [0.29, 0.717) is 11.4 Å². The molecule has 1 rings (SSSR count). The van der Waals surface area contributed by atoms with Gasteiger partial charge in [-0.3, -0.25) is 9.59 Å². The Morgan fingerprint density at radius 3 is 2.70 bits per heavy atom. The summed E-state index contributed by atoms with van der Waals surface area (Å²) < 4.78 is 0. The van der Waals surface area contributed by atoms with Crippen molar-refractivity contribution in [1.29, 1.82) is 5.26 Å². The third-order valence-corrected chi connectivity index (χ3v) is 3.77. The van der Waals surface area contributed by atoms with Gasteiger partial charge in [0, 0.05) is 13.6 Å². The molecule has 0 spiro atoms. The van der Waals surface area contributed by atoms with Crippen LogP contribution >= 0.6 is 11.3 Å². The molecule has 2 amide bonds. The van der Waals surface area contributed by atoms with Crippen molar-refractivity contribution in [3.8, 4) is 6.07 Å². The lowest BCUT2D eigenvalue weighted by Crippen LogP contribution is -2.50. The lowest BCUT2D eigenvalue weighted by molar-refractivity contribution is -0.132. The molecule has 20 heavy (non-hydrogen) atoms. The SMILES string of the molecule is CC(C)C(NC(=O)c1cccs1)C(=O)N(C)CCC#N. The Morgan fingerprint density at radius 2 is 2.20 bits per heavy atom. The maximum Gasteiger partial charge on any atom is 0.262 e. The molecule has 0 saturated heterocycles. The van der Waals surface area contributed by atoms with E-state index in [-0.39, 0.29) is 24.2 Å². The second-order valence-electron chi connectivity index (χ2n) is 4.84. The van der Waals surface area contributed by atoms with E-state index in [1.165, 1.54) is 16.2 Å². The molecule has 1 aromatic rings. The van der Waals surface area contributed by atoms with E-state index in [9.17, 15) is 9.59 Å². The Labute approximate surface area is 123 Å². The summed E-state index contributed by atoms with van der Waals surface area (Å²) in [4.78, 5) is 26.4. The van der Waals surface area contributed by atoms with E-state index < -0.39 is 6.04 Å². The molecule has 0 aliphatic rings. The predicted molar refractivity (Wildman–Crippen MR) is 78.3 cm³/mol. The molecule has 6 heteroatoms. The van der Waals surface area contributed by atoms with Gasteiger partial charge in [-0.05, 0) is 17.4 Å². The maximum atomic E-state index is 12.3. The highest BCUT2D eigenvalue weighted by molar-refractivity contribution is 7.12. The fourth-order valence-corrected chi connectivity index (χ4v) is 2.33. The molecule has 1 N–H and O–H groups in total. The number of amides is 2. The van der Waals surface area contributed by atoms with E-state index in [0.717, 1.165) is 0 Å². The fourth-order valence-electron chi connectivity index (χ4n) is 1.70. The molecule has 1 aromatic heterocycles. The molecular formula is C14H19N3O2S. The van der Waals surface area contributed by atoms with Crippen molar-refractivity contribution in [3.63, 3.8) is 0 Å². The van der Waals surface area contributed by atoms with Crippen LogP contribution in [0.5, 0.6) is 0 Å². The summed E-state index contributed by atoms with van der Waals surface area (Å²) >= 11 is 1.34. The summed E-state index contributed by atoms with van der Waals surface area (Å²) in [6.45, 7) is 4.14. The monoisotopic (exact) mass is 293 g/mol. The number of rotatable bonds is 6. The molecule has 0 aliphatic carbocycles. The van der Waals surface area contributed by atoms with E-state index in [1.54, 1.807) is 19.2 Å². The predicted octanol–water partition coefficient (Wildman–Crippen LogP) is 1.87. The third-order valence-electron chi connectivity index (χ3n) is 2.90. The number of nitrogens with zero attached hydrogens (tertiary/aromatic N) is 2. The molecule has 0 aromatic carbocycles. The first kappa shape index (κ1) is 16.2. The smallest absolute Gasteiger partial charge is 0.262 e. The van der Waals surface area contributed by atoms with E-state index in [2.05, 4.69) is 5.32 Å². The molecule has 0 aliphatic heterocycles. The normalized spacial score (nSPS) is 11.8. The Balaban J connectivity index is 2.72. The summed E-state index contributed by atoms with van der Waals surface area (Å²) in [6.07, 6.45) is 0.284. The zero-order valence-electron chi connectivity index (χ0n) is 11.9. The molecule has 108 valence electrons. The van der Waals surface area contributed by atoms with Crippen LogP contribution in [0.2, 0.25) is 0 Å². The van der Waals surface area contributed by atoms with E-state index >= 15 is 0 Å². The summed E-state index contributed by atoms with van der Waals surface area (Å²) in [5.41, 5.74) is 0. The lowest BCUT2D eigenvalue weighted by Gasteiger charge is -2.26. The summed E-state index contributed by atoms with van der Waals surface area (Å²) in [5, 5.41) is 13.2. The number of thiophene rings is 1. The molecule has 5 nitrogen and oxygen atoms in total. The number of carbonyl (C=O) groups is 2. The van der Waals surface area contributed by atoms with Gasteiger partial charge in [-0.1, -0.05) is 19.9 Å². The van der Waals surface area contributed by atoms with E-state index in [4.69, 9.17) is 5.26 Å². The molecule has 1 unspecified atom stereocenters. The third kappa shape index (κ3) is 4.35. The number of hydrogen-bond acceptors (Lipinski definition) is 4. The molecule has 0 fully saturated rings. The van der Waals surface area contributed by atoms with Gasteiger partial charge >= 0.3 is 0 Å². The van der Waals surface area contributed by atoms with Crippen LogP contribution in [-0.4, -0.2) is 36.3 Å². The second kappa shape index (κ2) is 7.65. The average molecular weight is 293 g/mol. The molecular weight excluding hydrogens is 274 g/mol. The van der Waals surface area contributed by atoms with Gasteiger partial charge in [0.05, 0.1) is 17.4 Å². The first-order chi connectivity index (χ1) is 9.47. The molecule has 1 atom stereocenters. The van der Waals surface area contributed by atoms with Crippen LogP contribution in [0.15, 0.2) is 17.5 Å². The first-order valence-electron chi connectivity index (χ1n) is 6.43. The van der Waals surface area contributed by atoms with Gasteiger partial charge < -0.3 is 10.2 Å². The van der Waals surface area contributed by atoms with Gasteiger partial charge in [0.15, 0.2) is 0 Å². The largest absolute Gasteiger partial charge is 0.343 e. The maximum absolute atomic E-state index is 12.3. The van der Waals surface area contributed by atoms with Crippen LogP contribution in [-0.2, 0) is 4.79 Å². The zero-order chi connectivity index (χ0) is 15.1. The minimum absolute atomic E-state index is 0.0176. The van der Waals surface area contributed by atoms with Gasteiger partial charge in [0.25, 0.3) is 5.91 Å². The highest BCUT2D eigenvalue weighted by atomic mass is 32.1. The molecule has 0 radical (unpaired) electrons. The standard InChI is InChI=1S/C14H19N3O2S/c1-10(2)12(14(19)17(3)8-5-7-15)16-13(18)11-6-4-9-20-11/h4,6,9-10,12H,5,8H2,1-3H3,(H,16,18). The highest BCUT2D eigenvalue weighted by Crippen LogP contribution is 2.11. The minimum atomic E-state index is -0.576. The van der Waals surface area contributed by atoms with Gasteiger partial charge in [0.1, 0.15) is 6.04 Å². The van der Waals surface area contributed by atoms with Crippen LogP contribution in [0, 0.1) is 17.2 Å². The number of hydrogen-bond donors (Lipinski definition) is 1. The van der Waals surface area contributed by atoms with Crippen molar-refractivity contribution in [2.75, 3.05) is 13.6 Å². The number of nitrogens with one attached hydrogen (secondary N) is 1. The lowest BCUT2D eigenvalue weighted by atomic mass is 10.0. The van der Waals surface area contributed by atoms with Gasteiger partial charge in [-0.15, -0.1) is 11.3 Å². The van der Waals surface area contributed by atoms with Gasteiger partial charge in [0.2, 0.25) is 5.91 Å². The average Bonchev–Trinajstić information content (AvgIpc) is 2.94. The Bertz CT molecular complexity index is 491. The number of carbonyl (C=O) groups excluding carboxylic acids is 2. The fraction of sp³-hybridized carbons (Fsp3) is 0.500. The Hall–Kier alpha value is -1.87. The summed E-state index contributed by atoms with van der Waals surface area (Å²) in [7, 11) is 1.65. The topological polar surface area (TPSA) is 73.2 Å². The number of nitriles is 1. The van der Waals surface area contributed by atoms with Crippen LogP contribution in [0.1, 0.15) is 29.9 Å². The quantitative estimate of drug-likeness (QED) is 0.870. The molecule has 0 saturated carbocycles. The van der Waals surface area contributed by atoms with Crippen molar-refractivity contribution in [1.82, 2.24) is 10.2 Å². The van der Waals surface area contributed by atoms with Gasteiger partial charge in [-0.25, -0.2) is 0 Å². The second-order valence-corrected chi connectivity index (χ2v) is 5.79. The van der Waals surface area contributed by atoms with Gasteiger partial charge in [-0.2, -0.15) is 5.26 Å². The van der Waals surface area contributed by atoms with Crippen LogP contribution < -0.4 is 5.32 Å². The van der Waals surface area contributed by atoms with Crippen molar-refractivity contribution in [3.05, 3.63) is 22.4 Å². The first-order valence-corrected chi connectivity index (χ1v) is 7.31. The van der Waals surface area contributed by atoms with Crippen molar-refractivity contribution in [2.45, 2.75) is 26.3 Å². The van der Waals surface area contributed by atoms with Crippen LogP contribution in [0.4, 0.5) is 0 Å². The minimum Gasteiger partial charge on any atom is -0.343 e. The molecule has 0 bridgehead atoms. The van der Waals surface area contributed by atoms with Crippen molar-refractivity contribution < 1.29 is 9.59 Å². The van der Waals surface area contributed by atoms with Crippen LogP contribution in [0.25, 0.3) is 0 Å². The Morgan fingerprint density at radius 1 is 1.50 bits per heavy atom. The summed E-state index contributed by atoms with van der Waals surface area (Å²) in [5.74, 6) is -0.420. The van der Waals surface area contributed by atoms with Crippen LogP contribution in [0.3, 0.4) is 0 Å². The van der Waals surface area contributed by atoms with Crippen molar-refractivity contribution >= 4 is 23.2 Å². The molecule has 1 heterocycles. The number of likely N-dealkylation sites (N-methyl/N-ethyl adjacent to an activating group) is 1. The summed E-state index contributed by atoms with van der Waals surface area (Å²) in [6, 6.07) is 4.95. The highest BCUT2D eigenvalue weighted by Gasteiger charge is 2.27. The van der Waals surface area contributed by atoms with Crippen molar-refractivity contribution in [2.24, 2.45) is 5.92 Å².